The second kappa shape index (κ2) is 4.33. The van der Waals surface area contributed by atoms with Gasteiger partial charge in [-0.2, -0.15) is 0 Å². The predicted octanol–water partition coefficient (Wildman–Crippen LogP) is -0.114. The molecule has 0 bridgehead atoms. The summed E-state index contributed by atoms with van der Waals surface area (Å²) in [5, 5.41) is 17.0. The van der Waals surface area contributed by atoms with Gasteiger partial charge in [-0.1, -0.05) is 0 Å². The topological polar surface area (TPSA) is 96.7 Å². The number of aromatic carboxylic acids is 1. The smallest absolute Gasteiger partial charge is 0.359 e. The summed E-state index contributed by atoms with van der Waals surface area (Å²) in [4.78, 5) is 25.2. The number of ether oxygens (including phenoxy) is 1. The third-order valence-electron chi connectivity index (χ3n) is 1.43. The quantitative estimate of drug-likeness (QED) is 0.518. The lowest BCUT2D eigenvalue weighted by atomic mass is 10.2. The van der Waals surface area contributed by atoms with Crippen LogP contribution in [-0.4, -0.2) is 33.9 Å². The van der Waals surface area contributed by atoms with Gasteiger partial charge in [0.2, 0.25) is 0 Å². The first kappa shape index (κ1) is 10.1. The van der Waals surface area contributed by atoms with Crippen molar-refractivity contribution < 1.29 is 24.5 Å². The van der Waals surface area contributed by atoms with E-state index >= 15 is 0 Å². The molecule has 6 nitrogen and oxygen atoms in total. The molecular formula is C8H7NO5. The number of nitrogens with zero attached hydrogens (tertiary/aromatic N) is 1. The fourth-order valence-electron chi connectivity index (χ4n) is 0.868. The number of carboxylic acid groups (broad SMARTS) is 1. The van der Waals surface area contributed by atoms with Crippen LogP contribution in [0.2, 0.25) is 0 Å². The molecule has 1 aromatic heterocycles. The molecule has 2 N–H and O–H groups in total. The van der Waals surface area contributed by atoms with E-state index in [9.17, 15) is 9.59 Å². The molecule has 0 unspecified atom stereocenters. The van der Waals surface area contributed by atoms with Crippen LogP contribution in [0.4, 0.5) is 0 Å². The molecular weight excluding hydrogens is 190 g/mol. The minimum Gasteiger partial charge on any atom is -0.478 e. The van der Waals surface area contributed by atoms with Crippen molar-refractivity contribution in [1.82, 2.24) is 4.98 Å². The Balaban J connectivity index is 3.07. The molecule has 0 fully saturated rings. The van der Waals surface area contributed by atoms with Gasteiger partial charge in [0.1, 0.15) is 0 Å². The molecule has 0 aromatic carbocycles. The van der Waals surface area contributed by atoms with Gasteiger partial charge in [-0.25, -0.2) is 14.6 Å². The molecule has 0 atom stereocenters. The van der Waals surface area contributed by atoms with Crippen molar-refractivity contribution >= 4 is 11.9 Å². The van der Waals surface area contributed by atoms with Crippen molar-refractivity contribution in [2.45, 2.75) is 0 Å². The molecule has 1 rings (SSSR count). The Bertz CT molecular complexity index is 363. The molecule has 0 saturated carbocycles. The van der Waals surface area contributed by atoms with Crippen LogP contribution in [0, 0.1) is 0 Å². The minimum absolute atomic E-state index is 0.258. The van der Waals surface area contributed by atoms with Gasteiger partial charge in [0.25, 0.3) is 0 Å². The number of aliphatic hydroxyl groups is 1. The number of aliphatic hydroxyl groups excluding tert-OH is 1. The Morgan fingerprint density at radius 1 is 1.50 bits per heavy atom. The Morgan fingerprint density at radius 3 is 2.79 bits per heavy atom. The molecule has 6 heteroatoms. The van der Waals surface area contributed by atoms with Crippen LogP contribution in [0.1, 0.15) is 20.8 Å². The first-order chi connectivity index (χ1) is 6.66. The summed E-state index contributed by atoms with van der Waals surface area (Å²) in [7, 11) is 0. The molecule has 0 radical (unpaired) electrons. The molecule has 0 aliphatic carbocycles. The highest BCUT2D eigenvalue weighted by Crippen LogP contribution is 2.06. The van der Waals surface area contributed by atoms with Gasteiger partial charge >= 0.3 is 11.9 Å². The fraction of sp³-hybridized carbons (Fsp3) is 0.125. The third kappa shape index (κ3) is 2.05. The number of carboxylic acids is 1. The summed E-state index contributed by atoms with van der Waals surface area (Å²) < 4.78 is 4.21. The zero-order valence-corrected chi connectivity index (χ0v) is 7.01. The SMILES string of the molecule is O=C(O)c1cccnc1C(=O)OCO. The van der Waals surface area contributed by atoms with Gasteiger partial charge in [0, 0.05) is 6.20 Å². The lowest BCUT2D eigenvalue weighted by Gasteiger charge is -2.02. The van der Waals surface area contributed by atoms with Crippen LogP contribution in [0.3, 0.4) is 0 Å². The maximum atomic E-state index is 11.1. The van der Waals surface area contributed by atoms with Gasteiger partial charge < -0.3 is 14.9 Å². The molecule has 74 valence electrons. The number of hydrogen-bond acceptors (Lipinski definition) is 5. The summed E-state index contributed by atoms with van der Waals surface area (Å²) in [6, 6.07) is 2.61. The van der Waals surface area contributed by atoms with Crippen molar-refractivity contribution in [2.24, 2.45) is 0 Å². The number of esters is 1. The highest BCUT2D eigenvalue weighted by molar-refractivity contribution is 6.00. The van der Waals surface area contributed by atoms with E-state index in [1.165, 1.54) is 18.3 Å². The molecule has 14 heavy (non-hydrogen) atoms. The van der Waals surface area contributed by atoms with Crippen LogP contribution >= 0.6 is 0 Å². The van der Waals surface area contributed by atoms with E-state index in [0.29, 0.717) is 0 Å². The first-order valence-corrected chi connectivity index (χ1v) is 3.63. The van der Waals surface area contributed by atoms with Crippen LogP contribution in [-0.2, 0) is 4.74 Å². The largest absolute Gasteiger partial charge is 0.478 e. The van der Waals surface area contributed by atoms with E-state index in [1.807, 2.05) is 0 Å². The number of hydrogen-bond donors (Lipinski definition) is 2. The summed E-state index contributed by atoms with van der Waals surface area (Å²) in [6.07, 6.45) is 1.26. The van der Waals surface area contributed by atoms with Crippen molar-refractivity contribution in [1.29, 1.82) is 0 Å². The van der Waals surface area contributed by atoms with Crippen molar-refractivity contribution in [3.63, 3.8) is 0 Å². The normalized spacial score (nSPS) is 9.50. The Labute approximate surface area is 78.8 Å². The Morgan fingerprint density at radius 2 is 2.21 bits per heavy atom. The van der Waals surface area contributed by atoms with Crippen LogP contribution in [0.15, 0.2) is 18.3 Å². The molecule has 0 spiro atoms. The van der Waals surface area contributed by atoms with E-state index in [1.54, 1.807) is 0 Å². The zero-order chi connectivity index (χ0) is 10.6. The summed E-state index contributed by atoms with van der Waals surface area (Å²) >= 11 is 0. The molecule has 0 amide bonds. The molecule has 1 aromatic rings. The Kier molecular flexibility index (Phi) is 3.14. The lowest BCUT2D eigenvalue weighted by molar-refractivity contribution is 0.00589. The summed E-state index contributed by atoms with van der Waals surface area (Å²) in [5.41, 5.74) is -0.583. The van der Waals surface area contributed by atoms with E-state index < -0.39 is 18.7 Å². The minimum atomic E-state index is -1.28. The van der Waals surface area contributed by atoms with Gasteiger partial charge in [0.15, 0.2) is 12.5 Å². The van der Waals surface area contributed by atoms with E-state index in [0.717, 1.165) is 0 Å². The van der Waals surface area contributed by atoms with Gasteiger partial charge in [-0.05, 0) is 12.1 Å². The van der Waals surface area contributed by atoms with Crippen LogP contribution in [0.25, 0.3) is 0 Å². The average molecular weight is 197 g/mol. The monoisotopic (exact) mass is 197 g/mol. The summed E-state index contributed by atoms with van der Waals surface area (Å²) in [5.74, 6) is -2.24. The van der Waals surface area contributed by atoms with Gasteiger partial charge in [-0.3, -0.25) is 0 Å². The van der Waals surface area contributed by atoms with Gasteiger partial charge in [-0.15, -0.1) is 0 Å². The number of aromatic nitrogens is 1. The molecule has 1 heterocycles. The second-order valence-electron chi connectivity index (χ2n) is 2.27. The van der Waals surface area contributed by atoms with E-state index in [2.05, 4.69) is 9.72 Å². The van der Waals surface area contributed by atoms with Crippen molar-refractivity contribution in [3.05, 3.63) is 29.6 Å². The number of carbonyl (C=O) groups is 2. The molecule has 0 saturated heterocycles. The predicted molar refractivity (Wildman–Crippen MR) is 43.7 cm³/mol. The van der Waals surface area contributed by atoms with Gasteiger partial charge in [0.05, 0.1) is 5.56 Å². The van der Waals surface area contributed by atoms with E-state index in [-0.39, 0.29) is 11.3 Å². The molecule has 0 aliphatic heterocycles. The maximum Gasteiger partial charge on any atom is 0.359 e. The standard InChI is InChI=1S/C8H7NO5/c10-4-14-8(13)6-5(7(11)12)2-1-3-9-6/h1-3,10H,4H2,(H,11,12). The first-order valence-electron chi connectivity index (χ1n) is 3.63. The zero-order valence-electron chi connectivity index (χ0n) is 7.01. The number of carbonyl (C=O) groups excluding carboxylic acids is 1. The Hall–Kier alpha value is -1.95. The summed E-state index contributed by atoms with van der Waals surface area (Å²) in [6.45, 7) is -0.811. The van der Waals surface area contributed by atoms with Crippen LogP contribution in [0.5, 0.6) is 0 Å². The second-order valence-corrected chi connectivity index (χ2v) is 2.27. The number of rotatable bonds is 3. The highest BCUT2D eigenvalue weighted by Gasteiger charge is 2.18. The highest BCUT2D eigenvalue weighted by atomic mass is 16.6. The fourth-order valence-corrected chi connectivity index (χ4v) is 0.868. The van der Waals surface area contributed by atoms with Crippen LogP contribution < -0.4 is 0 Å². The third-order valence-corrected chi connectivity index (χ3v) is 1.43. The number of pyridine rings is 1. The van der Waals surface area contributed by atoms with Crippen molar-refractivity contribution in [2.75, 3.05) is 6.79 Å². The van der Waals surface area contributed by atoms with E-state index in [4.69, 9.17) is 10.2 Å². The average Bonchev–Trinajstić information content (AvgIpc) is 2.18. The van der Waals surface area contributed by atoms with Crippen molar-refractivity contribution in [3.8, 4) is 0 Å². The lowest BCUT2D eigenvalue weighted by Crippen LogP contribution is -2.13. The maximum absolute atomic E-state index is 11.1. The molecule has 0 aliphatic rings.